The highest BCUT2D eigenvalue weighted by molar-refractivity contribution is 7.80. The fourth-order valence-corrected chi connectivity index (χ4v) is 3.10. The maximum Gasteiger partial charge on any atom is 0.400 e. The molecule has 0 aromatic heterocycles. The van der Waals surface area contributed by atoms with Crippen LogP contribution in [0.2, 0.25) is 0 Å². The monoisotopic (exact) mass is 374 g/mol. The molecule has 0 fully saturated rings. The normalized spacial score (nSPS) is 14.2. The van der Waals surface area contributed by atoms with E-state index >= 15 is 0 Å². The van der Waals surface area contributed by atoms with E-state index in [0.29, 0.717) is 12.2 Å². The van der Waals surface area contributed by atoms with Gasteiger partial charge in [-0.1, -0.05) is 57.2 Å². The van der Waals surface area contributed by atoms with E-state index in [0.717, 1.165) is 25.7 Å². The van der Waals surface area contributed by atoms with E-state index in [4.69, 9.17) is 18.2 Å². The van der Waals surface area contributed by atoms with Crippen LogP contribution in [0.25, 0.3) is 0 Å². The van der Waals surface area contributed by atoms with Gasteiger partial charge in [-0.3, -0.25) is 4.55 Å². The Labute approximate surface area is 151 Å². The van der Waals surface area contributed by atoms with Crippen LogP contribution in [0.3, 0.4) is 0 Å². The summed E-state index contributed by atoms with van der Waals surface area (Å²) in [4.78, 5) is 0. The predicted octanol–water partition coefficient (Wildman–Crippen LogP) is 4.37. The molecule has 7 heteroatoms. The third kappa shape index (κ3) is 11.1. The van der Waals surface area contributed by atoms with Crippen LogP contribution >= 0.6 is 0 Å². The fourth-order valence-electron chi connectivity index (χ4n) is 2.52. The van der Waals surface area contributed by atoms with Gasteiger partial charge in [0.05, 0.1) is 6.61 Å². The van der Waals surface area contributed by atoms with Crippen LogP contribution < -0.4 is 4.74 Å². The Kier molecular flexibility index (Phi) is 10.0. The molecule has 1 rings (SSSR count). The molecule has 0 heterocycles. The van der Waals surface area contributed by atoms with E-state index in [-0.39, 0.29) is 13.2 Å². The molecule has 6 nitrogen and oxygen atoms in total. The molecule has 0 spiro atoms. The summed E-state index contributed by atoms with van der Waals surface area (Å²) in [6.07, 6.45) is 6.74. The zero-order chi connectivity index (χ0) is 18.6. The Balaban J connectivity index is 2.39. The van der Waals surface area contributed by atoms with Crippen LogP contribution in [-0.2, 0) is 19.3 Å². The van der Waals surface area contributed by atoms with Gasteiger partial charge >= 0.3 is 10.4 Å². The van der Waals surface area contributed by atoms with Crippen molar-refractivity contribution in [1.82, 2.24) is 0 Å². The Morgan fingerprint density at radius 3 is 2.28 bits per heavy atom. The van der Waals surface area contributed by atoms with Crippen LogP contribution in [0.15, 0.2) is 30.3 Å². The highest BCUT2D eigenvalue weighted by Crippen LogP contribution is 2.24. The molecule has 1 aromatic rings. The SMILES string of the molecule is CCCCCCCCC(C)(OCCOc1ccccc1)OS(=O)(=O)O. The summed E-state index contributed by atoms with van der Waals surface area (Å²) < 4.78 is 47.0. The minimum Gasteiger partial charge on any atom is -0.491 e. The average molecular weight is 374 g/mol. The Morgan fingerprint density at radius 1 is 1.00 bits per heavy atom. The quantitative estimate of drug-likeness (QED) is 0.296. The molecule has 25 heavy (non-hydrogen) atoms. The van der Waals surface area contributed by atoms with E-state index < -0.39 is 16.2 Å². The molecule has 0 saturated carbocycles. The largest absolute Gasteiger partial charge is 0.491 e. The number of benzene rings is 1. The van der Waals surface area contributed by atoms with Crippen molar-refractivity contribution in [2.75, 3.05) is 13.2 Å². The molecule has 1 unspecified atom stereocenters. The van der Waals surface area contributed by atoms with Gasteiger partial charge < -0.3 is 9.47 Å². The lowest BCUT2D eigenvalue weighted by molar-refractivity contribution is -0.179. The molecular weight excluding hydrogens is 344 g/mol. The molecular formula is C18H30O6S. The number of hydrogen-bond acceptors (Lipinski definition) is 5. The fraction of sp³-hybridized carbons (Fsp3) is 0.667. The molecule has 0 aliphatic rings. The van der Waals surface area contributed by atoms with Crippen molar-refractivity contribution in [3.63, 3.8) is 0 Å². The van der Waals surface area contributed by atoms with E-state index in [1.54, 1.807) is 0 Å². The molecule has 0 bridgehead atoms. The topological polar surface area (TPSA) is 82.1 Å². The summed E-state index contributed by atoms with van der Waals surface area (Å²) in [6.45, 7) is 4.08. The predicted molar refractivity (Wildman–Crippen MR) is 96.9 cm³/mol. The van der Waals surface area contributed by atoms with E-state index in [2.05, 4.69) is 6.92 Å². The van der Waals surface area contributed by atoms with Gasteiger partial charge in [-0.25, -0.2) is 4.18 Å². The lowest BCUT2D eigenvalue weighted by Gasteiger charge is -2.28. The Bertz CT molecular complexity index is 560. The van der Waals surface area contributed by atoms with Gasteiger partial charge in [-0.2, -0.15) is 8.42 Å². The zero-order valence-corrected chi connectivity index (χ0v) is 16.0. The first kappa shape index (κ1) is 21.9. The molecule has 0 saturated heterocycles. The Morgan fingerprint density at radius 2 is 1.64 bits per heavy atom. The summed E-state index contributed by atoms with van der Waals surface area (Å²) in [5.74, 6) is -0.683. The number of rotatable bonds is 14. The van der Waals surface area contributed by atoms with Crippen molar-refractivity contribution in [2.45, 2.75) is 64.6 Å². The van der Waals surface area contributed by atoms with Gasteiger partial charge in [0, 0.05) is 6.42 Å². The summed E-state index contributed by atoms with van der Waals surface area (Å²) in [7, 11) is -4.59. The van der Waals surface area contributed by atoms with Gasteiger partial charge in [0.15, 0.2) is 5.79 Å². The van der Waals surface area contributed by atoms with Gasteiger partial charge in [0.1, 0.15) is 12.4 Å². The van der Waals surface area contributed by atoms with Crippen LogP contribution in [0, 0.1) is 0 Å². The molecule has 1 aromatic carbocycles. The molecule has 0 amide bonds. The van der Waals surface area contributed by atoms with Crippen LogP contribution in [0.4, 0.5) is 0 Å². The van der Waals surface area contributed by atoms with E-state index in [1.165, 1.54) is 19.8 Å². The van der Waals surface area contributed by atoms with Crippen LogP contribution in [0.1, 0.15) is 58.8 Å². The van der Waals surface area contributed by atoms with Crippen molar-refractivity contribution in [1.29, 1.82) is 0 Å². The van der Waals surface area contributed by atoms with Crippen molar-refractivity contribution in [2.24, 2.45) is 0 Å². The number of hydrogen-bond donors (Lipinski definition) is 1. The number of ether oxygens (including phenoxy) is 2. The van der Waals surface area contributed by atoms with Gasteiger partial charge in [0.2, 0.25) is 0 Å². The maximum absolute atomic E-state index is 11.1. The first-order chi connectivity index (χ1) is 11.8. The minimum absolute atomic E-state index is 0.150. The maximum atomic E-state index is 11.1. The second kappa shape index (κ2) is 11.5. The average Bonchev–Trinajstić information content (AvgIpc) is 2.54. The van der Waals surface area contributed by atoms with Crippen molar-refractivity contribution in [3.8, 4) is 5.75 Å². The smallest absolute Gasteiger partial charge is 0.400 e. The minimum atomic E-state index is -4.59. The summed E-state index contributed by atoms with van der Waals surface area (Å²) in [6, 6.07) is 9.26. The summed E-state index contributed by atoms with van der Waals surface area (Å²) in [5.41, 5.74) is 0. The van der Waals surface area contributed by atoms with Gasteiger partial charge in [-0.15, -0.1) is 0 Å². The third-order valence-corrected chi connectivity index (χ3v) is 4.33. The standard InChI is InChI=1S/C18H30O6S/c1-3-4-5-6-7-11-14-18(2,24-25(19,20)21)23-16-15-22-17-12-9-8-10-13-17/h8-10,12-13H,3-7,11,14-16H2,1-2H3,(H,19,20,21). The summed E-state index contributed by atoms with van der Waals surface area (Å²) >= 11 is 0. The van der Waals surface area contributed by atoms with E-state index in [9.17, 15) is 8.42 Å². The van der Waals surface area contributed by atoms with Crippen LogP contribution in [-0.4, -0.2) is 32.0 Å². The van der Waals surface area contributed by atoms with Gasteiger partial charge in [-0.05, 0) is 25.5 Å². The second-order valence-electron chi connectivity index (χ2n) is 6.17. The van der Waals surface area contributed by atoms with Crippen LogP contribution in [0.5, 0.6) is 5.75 Å². The first-order valence-corrected chi connectivity index (χ1v) is 10.2. The van der Waals surface area contributed by atoms with Gasteiger partial charge in [0.25, 0.3) is 0 Å². The van der Waals surface area contributed by atoms with Crippen molar-refractivity contribution < 1.29 is 26.6 Å². The highest BCUT2D eigenvalue weighted by atomic mass is 32.3. The number of unbranched alkanes of at least 4 members (excludes halogenated alkanes) is 5. The molecule has 1 atom stereocenters. The third-order valence-electron chi connectivity index (χ3n) is 3.77. The molecule has 0 aliphatic heterocycles. The number of para-hydroxylation sites is 1. The zero-order valence-electron chi connectivity index (χ0n) is 15.1. The molecule has 144 valence electrons. The highest BCUT2D eigenvalue weighted by Gasteiger charge is 2.31. The second-order valence-corrected chi connectivity index (χ2v) is 7.19. The van der Waals surface area contributed by atoms with E-state index in [1.807, 2.05) is 30.3 Å². The molecule has 0 radical (unpaired) electrons. The first-order valence-electron chi connectivity index (χ1n) is 8.84. The molecule has 0 aliphatic carbocycles. The Hall–Kier alpha value is -1.15. The molecule has 1 N–H and O–H groups in total. The lowest BCUT2D eigenvalue weighted by Crippen LogP contribution is -2.36. The lowest BCUT2D eigenvalue weighted by atomic mass is 10.1. The van der Waals surface area contributed by atoms with Crippen molar-refractivity contribution in [3.05, 3.63) is 30.3 Å². The summed E-state index contributed by atoms with van der Waals surface area (Å²) in [5, 5.41) is 0. The van der Waals surface area contributed by atoms with Crippen molar-refractivity contribution >= 4 is 10.4 Å².